The van der Waals surface area contributed by atoms with Crippen molar-refractivity contribution in [3.05, 3.63) is 39.6 Å². The van der Waals surface area contributed by atoms with Gasteiger partial charge in [0.2, 0.25) is 4.96 Å². The summed E-state index contributed by atoms with van der Waals surface area (Å²) < 4.78 is 3.68. The maximum atomic E-state index is 6.33. The van der Waals surface area contributed by atoms with E-state index in [2.05, 4.69) is 29.1 Å². The van der Waals surface area contributed by atoms with Crippen molar-refractivity contribution in [2.24, 2.45) is 0 Å². The minimum absolute atomic E-state index is 0.444. The number of rotatable bonds is 3. The van der Waals surface area contributed by atoms with E-state index in [9.17, 15) is 0 Å². The summed E-state index contributed by atoms with van der Waals surface area (Å²) in [5.74, 6) is 0.572. The average molecular weight is 393 g/mol. The molecule has 0 aliphatic rings. The Morgan fingerprint density at radius 1 is 1.12 bits per heavy atom. The fraction of sp³-hybridized carbons (Fsp3) is 0.250. The van der Waals surface area contributed by atoms with Crippen LogP contribution in [0.25, 0.3) is 26.9 Å². The van der Waals surface area contributed by atoms with Crippen LogP contribution in [0.1, 0.15) is 18.3 Å². The van der Waals surface area contributed by atoms with Crippen LogP contribution in [0, 0.1) is 13.8 Å². The molecule has 0 aliphatic heterocycles. The molecule has 3 heterocycles. The van der Waals surface area contributed by atoms with Gasteiger partial charge in [0.1, 0.15) is 0 Å². The van der Waals surface area contributed by atoms with E-state index in [0.29, 0.717) is 26.4 Å². The van der Waals surface area contributed by atoms with Crippen LogP contribution in [0.2, 0.25) is 10.0 Å². The second-order valence-corrected chi connectivity index (χ2v) is 7.33. The third-order valence-electron chi connectivity index (χ3n) is 4.08. The number of benzene rings is 1. The predicted octanol–water partition coefficient (Wildman–Crippen LogP) is 4.66. The van der Waals surface area contributed by atoms with Crippen molar-refractivity contribution >= 4 is 39.5 Å². The first-order valence-electron chi connectivity index (χ1n) is 7.72. The van der Waals surface area contributed by atoms with E-state index in [1.807, 2.05) is 23.7 Å². The van der Waals surface area contributed by atoms with Crippen molar-refractivity contribution in [1.29, 1.82) is 0 Å². The van der Waals surface area contributed by atoms with Crippen molar-refractivity contribution in [3.8, 4) is 22.0 Å². The quantitative estimate of drug-likeness (QED) is 0.508. The fourth-order valence-corrected chi connectivity index (χ4v) is 4.25. The van der Waals surface area contributed by atoms with Gasteiger partial charge in [0.15, 0.2) is 10.8 Å². The molecule has 128 valence electrons. The smallest absolute Gasteiger partial charge is 0.235 e. The molecule has 4 rings (SSSR count). The topological polar surface area (TPSA) is 60.9 Å². The number of hydrogen-bond acceptors (Lipinski definition) is 5. The molecule has 0 fully saturated rings. The van der Waals surface area contributed by atoms with Crippen molar-refractivity contribution < 1.29 is 0 Å². The number of aryl methyl sites for hydroxylation is 2. The van der Waals surface area contributed by atoms with Gasteiger partial charge in [-0.05, 0) is 32.9 Å². The number of fused-ring (bicyclic) bond motifs is 1. The number of halogens is 2. The van der Waals surface area contributed by atoms with E-state index in [1.165, 1.54) is 11.3 Å². The Morgan fingerprint density at radius 2 is 1.92 bits per heavy atom. The van der Waals surface area contributed by atoms with Gasteiger partial charge in [-0.3, -0.25) is 4.68 Å². The van der Waals surface area contributed by atoms with E-state index in [0.717, 1.165) is 28.5 Å². The molecule has 0 atom stereocenters. The maximum Gasteiger partial charge on any atom is 0.235 e. The maximum absolute atomic E-state index is 6.33. The largest absolute Gasteiger partial charge is 0.269 e. The lowest BCUT2D eigenvalue weighted by molar-refractivity contribution is 0.634. The lowest BCUT2D eigenvalue weighted by Crippen LogP contribution is -1.98. The molecule has 0 amide bonds. The highest BCUT2D eigenvalue weighted by molar-refractivity contribution is 7.19. The monoisotopic (exact) mass is 392 g/mol. The molecule has 4 aromatic rings. The van der Waals surface area contributed by atoms with Crippen molar-refractivity contribution in [3.63, 3.8) is 0 Å². The van der Waals surface area contributed by atoms with Crippen LogP contribution in [0.3, 0.4) is 0 Å². The summed E-state index contributed by atoms with van der Waals surface area (Å²) >= 11 is 13.9. The minimum Gasteiger partial charge on any atom is -0.269 e. The van der Waals surface area contributed by atoms with Crippen molar-refractivity contribution in [1.82, 2.24) is 29.6 Å². The molecule has 9 heteroatoms. The number of nitrogens with zero attached hydrogens (tertiary/aromatic N) is 6. The molecule has 0 aliphatic carbocycles. The first-order valence-corrected chi connectivity index (χ1v) is 9.29. The summed E-state index contributed by atoms with van der Waals surface area (Å²) in [4.78, 5) is 0.698. The Morgan fingerprint density at radius 3 is 2.64 bits per heavy atom. The first-order chi connectivity index (χ1) is 12.0. The zero-order valence-corrected chi connectivity index (χ0v) is 16.1. The van der Waals surface area contributed by atoms with Gasteiger partial charge in [-0.2, -0.15) is 14.7 Å². The highest BCUT2D eigenvalue weighted by Gasteiger charge is 2.21. The summed E-state index contributed by atoms with van der Waals surface area (Å²) in [5, 5.41) is 19.5. The van der Waals surface area contributed by atoms with E-state index in [-0.39, 0.29) is 0 Å². The van der Waals surface area contributed by atoms with Gasteiger partial charge >= 0.3 is 0 Å². The zero-order chi connectivity index (χ0) is 17.7. The van der Waals surface area contributed by atoms with Gasteiger partial charge in [0, 0.05) is 17.8 Å². The first kappa shape index (κ1) is 16.5. The van der Waals surface area contributed by atoms with Crippen LogP contribution in [0.15, 0.2) is 18.2 Å². The van der Waals surface area contributed by atoms with Gasteiger partial charge in [-0.15, -0.1) is 10.2 Å². The zero-order valence-electron chi connectivity index (χ0n) is 13.8. The van der Waals surface area contributed by atoms with Crippen LogP contribution in [-0.2, 0) is 6.54 Å². The standard InChI is InChI=1S/C16H14Cl2N6S/c1-4-23-9(3)12(8(2)21-23)15-22-24-14(19-20-16(24)25-15)10-6-5-7-11(17)13(10)18/h5-7H,4H2,1-3H3. The molecule has 0 radical (unpaired) electrons. The van der Waals surface area contributed by atoms with Crippen LogP contribution in [0.4, 0.5) is 0 Å². The number of aromatic nitrogens is 6. The Labute approximate surface area is 158 Å². The lowest BCUT2D eigenvalue weighted by atomic mass is 10.2. The molecule has 6 nitrogen and oxygen atoms in total. The Kier molecular flexibility index (Phi) is 4.02. The van der Waals surface area contributed by atoms with E-state index in [4.69, 9.17) is 28.3 Å². The highest BCUT2D eigenvalue weighted by Crippen LogP contribution is 2.35. The van der Waals surface area contributed by atoms with E-state index in [1.54, 1.807) is 10.6 Å². The normalized spacial score (nSPS) is 11.6. The Bertz CT molecular complexity index is 1090. The van der Waals surface area contributed by atoms with Crippen molar-refractivity contribution in [2.45, 2.75) is 27.3 Å². The summed E-state index contributed by atoms with van der Waals surface area (Å²) in [6.45, 7) is 6.93. The van der Waals surface area contributed by atoms with Gasteiger partial charge in [-0.1, -0.05) is 40.6 Å². The second kappa shape index (κ2) is 6.09. The molecule has 0 bridgehead atoms. The van der Waals surface area contributed by atoms with E-state index >= 15 is 0 Å². The molecule has 0 saturated heterocycles. The minimum atomic E-state index is 0.444. The molecule has 0 N–H and O–H groups in total. The third-order valence-corrected chi connectivity index (χ3v) is 5.81. The van der Waals surface area contributed by atoms with Gasteiger partial charge in [0.05, 0.1) is 21.3 Å². The molecule has 0 spiro atoms. The van der Waals surface area contributed by atoms with Gasteiger partial charge in [0.25, 0.3) is 0 Å². The molecule has 1 aromatic carbocycles. The molecule has 0 unspecified atom stereocenters. The number of hydrogen-bond donors (Lipinski definition) is 0. The Balaban J connectivity index is 1.90. The van der Waals surface area contributed by atoms with Crippen molar-refractivity contribution in [2.75, 3.05) is 0 Å². The summed E-state index contributed by atoms with van der Waals surface area (Å²) in [7, 11) is 0. The second-order valence-electron chi connectivity index (χ2n) is 5.59. The summed E-state index contributed by atoms with van der Waals surface area (Å²) in [6.07, 6.45) is 0. The third kappa shape index (κ3) is 2.54. The molecular weight excluding hydrogens is 379 g/mol. The van der Waals surface area contributed by atoms with Crippen LogP contribution in [-0.4, -0.2) is 29.6 Å². The lowest BCUT2D eigenvalue weighted by Gasteiger charge is -2.02. The molecule has 0 saturated carbocycles. The highest BCUT2D eigenvalue weighted by atomic mass is 35.5. The van der Waals surface area contributed by atoms with Crippen LogP contribution >= 0.6 is 34.5 Å². The predicted molar refractivity (Wildman–Crippen MR) is 100 cm³/mol. The van der Waals surface area contributed by atoms with E-state index < -0.39 is 0 Å². The average Bonchev–Trinajstić information content (AvgIpc) is 3.23. The molecule has 25 heavy (non-hydrogen) atoms. The summed E-state index contributed by atoms with van der Waals surface area (Å²) in [6, 6.07) is 5.43. The molecular formula is C16H14Cl2N6S. The Hall–Kier alpha value is -1.96. The van der Waals surface area contributed by atoms with Gasteiger partial charge in [-0.25, -0.2) is 0 Å². The van der Waals surface area contributed by atoms with Crippen LogP contribution < -0.4 is 0 Å². The summed E-state index contributed by atoms with van der Waals surface area (Å²) in [5.41, 5.74) is 3.79. The fourth-order valence-electron chi connectivity index (χ4n) is 2.88. The van der Waals surface area contributed by atoms with Gasteiger partial charge < -0.3 is 0 Å². The SMILES string of the molecule is CCn1nc(C)c(-c2nn3c(-c4cccc(Cl)c4Cl)nnc3s2)c1C. The molecule has 3 aromatic heterocycles. The van der Waals surface area contributed by atoms with Crippen LogP contribution in [0.5, 0.6) is 0 Å².